The molecule has 0 radical (unpaired) electrons. The number of hydrogen-bond acceptors (Lipinski definition) is 3. The number of carboxylic acids is 1. The Balaban J connectivity index is 1.83. The van der Waals surface area contributed by atoms with Gasteiger partial charge in [0.05, 0.1) is 5.92 Å². The third kappa shape index (κ3) is 3.32. The standard InChI is InChI=1S/C13H17NO3S/c15-12(14-7-9-4-5-18-8-9)10-2-1-3-11(6-10)13(16)17/h4-5,8,10-11H,1-3,6-7H2,(H,14,15)(H,16,17)/t10-,11-/m0/s1. The molecule has 1 saturated carbocycles. The van der Waals surface area contributed by atoms with Crippen LogP contribution in [0.15, 0.2) is 16.8 Å². The minimum Gasteiger partial charge on any atom is -0.481 e. The summed E-state index contributed by atoms with van der Waals surface area (Å²) in [6.07, 6.45) is 2.81. The topological polar surface area (TPSA) is 66.4 Å². The molecule has 0 bridgehead atoms. The number of carbonyl (C=O) groups excluding carboxylic acids is 1. The van der Waals surface area contributed by atoms with Gasteiger partial charge in [-0.25, -0.2) is 0 Å². The molecule has 98 valence electrons. The molecule has 1 fully saturated rings. The van der Waals surface area contributed by atoms with E-state index in [0.717, 1.165) is 18.4 Å². The molecule has 1 aromatic rings. The third-order valence-electron chi connectivity index (χ3n) is 3.44. The lowest BCUT2D eigenvalue weighted by Crippen LogP contribution is -2.35. The summed E-state index contributed by atoms with van der Waals surface area (Å²) in [5.74, 6) is -1.27. The van der Waals surface area contributed by atoms with Crippen LogP contribution >= 0.6 is 11.3 Å². The molecule has 1 aromatic heterocycles. The molecule has 2 N–H and O–H groups in total. The summed E-state index contributed by atoms with van der Waals surface area (Å²) in [6, 6.07) is 1.98. The summed E-state index contributed by atoms with van der Waals surface area (Å²) in [6.45, 7) is 0.538. The number of aliphatic carboxylic acids is 1. The van der Waals surface area contributed by atoms with Crippen molar-refractivity contribution < 1.29 is 14.7 Å². The van der Waals surface area contributed by atoms with Crippen LogP contribution in [-0.4, -0.2) is 17.0 Å². The molecule has 1 amide bonds. The van der Waals surface area contributed by atoms with Gasteiger partial charge in [0.2, 0.25) is 5.91 Å². The van der Waals surface area contributed by atoms with E-state index in [4.69, 9.17) is 5.11 Å². The van der Waals surface area contributed by atoms with E-state index in [9.17, 15) is 9.59 Å². The smallest absolute Gasteiger partial charge is 0.306 e. The molecule has 0 aromatic carbocycles. The van der Waals surface area contributed by atoms with Crippen LogP contribution in [0.5, 0.6) is 0 Å². The highest BCUT2D eigenvalue weighted by Gasteiger charge is 2.30. The van der Waals surface area contributed by atoms with Gasteiger partial charge in [-0.1, -0.05) is 6.42 Å². The van der Waals surface area contributed by atoms with Crippen molar-refractivity contribution in [3.8, 4) is 0 Å². The molecule has 2 atom stereocenters. The van der Waals surface area contributed by atoms with Gasteiger partial charge in [0.15, 0.2) is 0 Å². The highest BCUT2D eigenvalue weighted by atomic mass is 32.1. The van der Waals surface area contributed by atoms with Gasteiger partial charge in [-0.3, -0.25) is 9.59 Å². The fourth-order valence-electron chi connectivity index (χ4n) is 2.38. The fraction of sp³-hybridized carbons (Fsp3) is 0.538. The second-order valence-corrected chi connectivity index (χ2v) is 5.53. The Hall–Kier alpha value is -1.36. The molecule has 1 aliphatic rings. The van der Waals surface area contributed by atoms with Gasteiger partial charge in [0.1, 0.15) is 0 Å². The van der Waals surface area contributed by atoms with E-state index in [-0.39, 0.29) is 17.7 Å². The normalized spacial score (nSPS) is 23.6. The number of nitrogens with one attached hydrogen (secondary N) is 1. The molecule has 1 aliphatic carbocycles. The molecule has 0 aliphatic heterocycles. The number of carbonyl (C=O) groups is 2. The van der Waals surface area contributed by atoms with Crippen LogP contribution in [0.4, 0.5) is 0 Å². The quantitative estimate of drug-likeness (QED) is 0.879. The average molecular weight is 267 g/mol. The van der Waals surface area contributed by atoms with E-state index in [1.807, 2.05) is 16.8 Å². The van der Waals surface area contributed by atoms with Crippen LogP contribution in [-0.2, 0) is 16.1 Å². The second-order valence-electron chi connectivity index (χ2n) is 4.75. The van der Waals surface area contributed by atoms with Gasteiger partial charge >= 0.3 is 5.97 Å². The predicted octanol–water partition coefficient (Wildman–Crippen LogP) is 2.26. The molecule has 5 heteroatoms. The molecule has 18 heavy (non-hydrogen) atoms. The van der Waals surface area contributed by atoms with Gasteiger partial charge in [-0.05, 0) is 41.7 Å². The van der Waals surface area contributed by atoms with Gasteiger partial charge in [-0.15, -0.1) is 0 Å². The average Bonchev–Trinajstić information content (AvgIpc) is 2.89. The maximum atomic E-state index is 12.0. The van der Waals surface area contributed by atoms with Crippen LogP contribution in [0.3, 0.4) is 0 Å². The Morgan fingerprint density at radius 2 is 2.17 bits per heavy atom. The van der Waals surface area contributed by atoms with Crippen LogP contribution in [0.25, 0.3) is 0 Å². The van der Waals surface area contributed by atoms with Crippen LogP contribution in [0, 0.1) is 11.8 Å². The molecule has 4 nitrogen and oxygen atoms in total. The van der Waals surface area contributed by atoms with Crippen molar-refractivity contribution in [3.05, 3.63) is 22.4 Å². The van der Waals surface area contributed by atoms with Crippen molar-refractivity contribution in [2.24, 2.45) is 11.8 Å². The van der Waals surface area contributed by atoms with E-state index in [2.05, 4.69) is 5.32 Å². The number of hydrogen-bond donors (Lipinski definition) is 2. The first-order valence-electron chi connectivity index (χ1n) is 6.18. The van der Waals surface area contributed by atoms with Crippen LogP contribution in [0.2, 0.25) is 0 Å². The van der Waals surface area contributed by atoms with Gasteiger partial charge in [0, 0.05) is 12.5 Å². The summed E-state index contributed by atoms with van der Waals surface area (Å²) >= 11 is 1.60. The van der Waals surface area contributed by atoms with E-state index in [1.165, 1.54) is 0 Å². The minimum atomic E-state index is -0.773. The Bertz CT molecular complexity index is 416. The SMILES string of the molecule is O=C(O)[C@H]1CCC[C@H](C(=O)NCc2ccsc2)C1. The Morgan fingerprint density at radius 3 is 2.83 bits per heavy atom. The zero-order chi connectivity index (χ0) is 13.0. The van der Waals surface area contributed by atoms with Gasteiger partial charge in [-0.2, -0.15) is 11.3 Å². The summed E-state index contributed by atoms with van der Waals surface area (Å²) in [4.78, 5) is 22.9. The minimum absolute atomic E-state index is 0.00727. The Morgan fingerprint density at radius 1 is 1.39 bits per heavy atom. The zero-order valence-corrected chi connectivity index (χ0v) is 10.9. The highest BCUT2D eigenvalue weighted by Crippen LogP contribution is 2.29. The first-order valence-corrected chi connectivity index (χ1v) is 7.12. The number of carboxylic acid groups (broad SMARTS) is 1. The molecule has 0 spiro atoms. The van der Waals surface area contributed by atoms with Gasteiger partial charge < -0.3 is 10.4 Å². The molecular weight excluding hydrogens is 250 g/mol. The third-order valence-corrected chi connectivity index (χ3v) is 4.17. The van der Waals surface area contributed by atoms with E-state index >= 15 is 0 Å². The number of amides is 1. The van der Waals surface area contributed by atoms with Gasteiger partial charge in [0.25, 0.3) is 0 Å². The highest BCUT2D eigenvalue weighted by molar-refractivity contribution is 7.07. The lowest BCUT2D eigenvalue weighted by atomic mass is 9.81. The summed E-state index contributed by atoms with van der Waals surface area (Å²) in [7, 11) is 0. The molecule has 2 rings (SSSR count). The monoisotopic (exact) mass is 267 g/mol. The summed E-state index contributed by atoms with van der Waals surface area (Å²) in [5, 5.41) is 15.9. The zero-order valence-electron chi connectivity index (χ0n) is 10.1. The summed E-state index contributed by atoms with van der Waals surface area (Å²) in [5.41, 5.74) is 1.10. The van der Waals surface area contributed by atoms with Crippen molar-refractivity contribution in [3.63, 3.8) is 0 Å². The van der Waals surface area contributed by atoms with Crippen LogP contribution < -0.4 is 5.32 Å². The van der Waals surface area contributed by atoms with Crippen molar-refractivity contribution >= 4 is 23.2 Å². The maximum Gasteiger partial charge on any atom is 0.306 e. The Labute approximate surface area is 110 Å². The number of rotatable bonds is 4. The maximum absolute atomic E-state index is 12.0. The van der Waals surface area contributed by atoms with Crippen molar-refractivity contribution in [1.82, 2.24) is 5.32 Å². The van der Waals surface area contributed by atoms with Crippen molar-refractivity contribution in [1.29, 1.82) is 0 Å². The van der Waals surface area contributed by atoms with E-state index < -0.39 is 5.97 Å². The van der Waals surface area contributed by atoms with E-state index in [1.54, 1.807) is 11.3 Å². The molecule has 0 saturated heterocycles. The largest absolute Gasteiger partial charge is 0.481 e. The summed E-state index contributed by atoms with van der Waals surface area (Å²) < 4.78 is 0. The van der Waals surface area contributed by atoms with E-state index in [0.29, 0.717) is 19.4 Å². The first kappa shape index (κ1) is 13.1. The molecule has 1 heterocycles. The number of thiophene rings is 1. The second kappa shape index (κ2) is 6.00. The molecule has 0 unspecified atom stereocenters. The van der Waals surface area contributed by atoms with Crippen molar-refractivity contribution in [2.45, 2.75) is 32.2 Å². The Kier molecular flexibility index (Phi) is 4.36. The van der Waals surface area contributed by atoms with Crippen molar-refractivity contribution in [2.75, 3.05) is 0 Å². The predicted molar refractivity (Wildman–Crippen MR) is 69.2 cm³/mol. The lowest BCUT2D eigenvalue weighted by molar-refractivity contribution is -0.144. The van der Waals surface area contributed by atoms with Crippen LogP contribution in [0.1, 0.15) is 31.2 Å². The molecular formula is C13H17NO3S. The fourth-order valence-corrected chi connectivity index (χ4v) is 3.05. The lowest BCUT2D eigenvalue weighted by Gasteiger charge is -2.25. The first-order chi connectivity index (χ1) is 8.66.